The van der Waals surface area contributed by atoms with E-state index < -0.39 is 0 Å². The predicted octanol–water partition coefficient (Wildman–Crippen LogP) is 0.907. The number of likely N-dealkylation sites (N-methyl/N-ethyl adjacent to an activating group) is 1. The van der Waals surface area contributed by atoms with Gasteiger partial charge in [-0.25, -0.2) is 0 Å². The molecule has 96 valence electrons. The highest BCUT2D eigenvalue weighted by atomic mass is 16.5. The zero-order chi connectivity index (χ0) is 11.8. The summed E-state index contributed by atoms with van der Waals surface area (Å²) in [6.07, 6.45) is 5.91. The molecule has 17 heavy (non-hydrogen) atoms. The number of rotatable bonds is 3. The molecule has 4 nitrogen and oxygen atoms in total. The van der Waals surface area contributed by atoms with Crippen LogP contribution in [0.3, 0.4) is 0 Å². The molecule has 0 radical (unpaired) electrons. The molecule has 0 aromatic carbocycles. The van der Waals surface area contributed by atoms with Crippen molar-refractivity contribution in [1.82, 2.24) is 10.2 Å². The van der Waals surface area contributed by atoms with Crippen LogP contribution in [0.4, 0.5) is 0 Å². The second kappa shape index (κ2) is 4.58. The van der Waals surface area contributed by atoms with Gasteiger partial charge in [0.2, 0.25) is 0 Å². The molecule has 0 saturated carbocycles. The molecule has 3 atom stereocenters. The minimum Gasteiger partial charge on any atom is -0.464 e. The van der Waals surface area contributed by atoms with Gasteiger partial charge in [-0.1, -0.05) is 6.92 Å². The second-order valence-corrected chi connectivity index (χ2v) is 5.57. The third kappa shape index (κ3) is 2.08. The Hall–Kier alpha value is -0.610. The van der Waals surface area contributed by atoms with Gasteiger partial charge in [0, 0.05) is 24.5 Å². The SMILES string of the molecule is CCN(C1CC2CCC(C1)N2)C1CCOC1=O. The van der Waals surface area contributed by atoms with Crippen LogP contribution in [0.15, 0.2) is 0 Å². The van der Waals surface area contributed by atoms with Crippen molar-refractivity contribution in [1.29, 1.82) is 0 Å². The predicted molar refractivity (Wildman–Crippen MR) is 64.7 cm³/mol. The van der Waals surface area contributed by atoms with Crippen molar-refractivity contribution in [3.63, 3.8) is 0 Å². The van der Waals surface area contributed by atoms with E-state index in [9.17, 15) is 4.79 Å². The molecule has 3 rings (SSSR count). The lowest BCUT2D eigenvalue weighted by atomic mass is 9.96. The van der Waals surface area contributed by atoms with E-state index in [4.69, 9.17) is 4.74 Å². The Morgan fingerprint density at radius 1 is 1.29 bits per heavy atom. The first-order valence-electron chi connectivity index (χ1n) is 6.96. The maximum Gasteiger partial charge on any atom is 0.323 e. The fourth-order valence-electron chi connectivity index (χ4n) is 3.82. The number of fused-ring (bicyclic) bond motifs is 2. The fourth-order valence-corrected chi connectivity index (χ4v) is 3.82. The zero-order valence-corrected chi connectivity index (χ0v) is 10.5. The number of piperidine rings is 1. The van der Waals surface area contributed by atoms with Crippen LogP contribution in [0.5, 0.6) is 0 Å². The van der Waals surface area contributed by atoms with Crippen molar-refractivity contribution in [2.75, 3.05) is 13.2 Å². The van der Waals surface area contributed by atoms with Crippen LogP contribution in [0.2, 0.25) is 0 Å². The normalized spacial score (nSPS) is 40.9. The Bertz CT molecular complexity index is 296. The third-order valence-electron chi connectivity index (χ3n) is 4.59. The molecule has 2 bridgehead atoms. The molecule has 3 fully saturated rings. The first-order valence-corrected chi connectivity index (χ1v) is 6.96. The largest absolute Gasteiger partial charge is 0.464 e. The molecule has 0 aromatic heterocycles. The summed E-state index contributed by atoms with van der Waals surface area (Å²) < 4.78 is 5.11. The summed E-state index contributed by atoms with van der Waals surface area (Å²) in [6, 6.07) is 1.98. The molecule has 4 heteroatoms. The number of ether oxygens (including phenoxy) is 1. The highest BCUT2D eigenvalue weighted by molar-refractivity contribution is 5.77. The molecule has 0 amide bonds. The van der Waals surface area contributed by atoms with E-state index >= 15 is 0 Å². The molecule has 1 N–H and O–H groups in total. The van der Waals surface area contributed by atoms with Gasteiger partial charge >= 0.3 is 5.97 Å². The molecule has 3 aliphatic heterocycles. The van der Waals surface area contributed by atoms with E-state index in [2.05, 4.69) is 17.1 Å². The van der Waals surface area contributed by atoms with Crippen LogP contribution in [0.25, 0.3) is 0 Å². The van der Waals surface area contributed by atoms with Crippen molar-refractivity contribution in [2.45, 2.75) is 63.2 Å². The average Bonchev–Trinajstić information content (AvgIpc) is 2.88. The quantitative estimate of drug-likeness (QED) is 0.742. The van der Waals surface area contributed by atoms with E-state index in [1.54, 1.807) is 0 Å². The van der Waals surface area contributed by atoms with Gasteiger partial charge in [0.1, 0.15) is 6.04 Å². The zero-order valence-electron chi connectivity index (χ0n) is 10.5. The molecule has 3 aliphatic rings. The van der Waals surface area contributed by atoms with E-state index in [0.29, 0.717) is 24.7 Å². The first kappa shape index (κ1) is 11.5. The summed E-state index contributed by atoms with van der Waals surface area (Å²) in [5.41, 5.74) is 0. The molecule has 3 saturated heterocycles. The molecular formula is C13H22N2O2. The van der Waals surface area contributed by atoms with Crippen molar-refractivity contribution in [3.8, 4) is 0 Å². The number of hydrogen-bond acceptors (Lipinski definition) is 4. The van der Waals surface area contributed by atoms with Crippen LogP contribution >= 0.6 is 0 Å². The van der Waals surface area contributed by atoms with Gasteiger partial charge in [-0.15, -0.1) is 0 Å². The van der Waals surface area contributed by atoms with Crippen LogP contribution in [0, 0.1) is 0 Å². The summed E-state index contributed by atoms with van der Waals surface area (Å²) in [6.45, 7) is 3.73. The fraction of sp³-hybridized carbons (Fsp3) is 0.923. The lowest BCUT2D eigenvalue weighted by Crippen LogP contribution is -2.52. The topological polar surface area (TPSA) is 41.6 Å². The number of esters is 1. The molecule has 0 spiro atoms. The molecular weight excluding hydrogens is 216 g/mol. The Balaban J connectivity index is 1.70. The Kier molecular flexibility index (Phi) is 3.09. The second-order valence-electron chi connectivity index (χ2n) is 5.57. The van der Waals surface area contributed by atoms with E-state index in [-0.39, 0.29) is 12.0 Å². The number of carbonyl (C=O) groups is 1. The van der Waals surface area contributed by atoms with Crippen molar-refractivity contribution < 1.29 is 9.53 Å². The summed E-state index contributed by atoms with van der Waals surface area (Å²) in [5.74, 6) is -0.00210. The number of carbonyl (C=O) groups excluding carboxylic acids is 1. The minimum absolute atomic E-state index is 0.00210. The monoisotopic (exact) mass is 238 g/mol. The van der Waals surface area contributed by atoms with Gasteiger partial charge in [-0.3, -0.25) is 9.69 Å². The number of nitrogens with zero attached hydrogens (tertiary/aromatic N) is 1. The smallest absolute Gasteiger partial charge is 0.323 e. The van der Waals surface area contributed by atoms with Gasteiger partial charge in [-0.05, 0) is 32.2 Å². The Morgan fingerprint density at radius 3 is 2.53 bits per heavy atom. The van der Waals surface area contributed by atoms with Crippen LogP contribution < -0.4 is 5.32 Å². The molecule has 3 unspecified atom stereocenters. The van der Waals surface area contributed by atoms with Crippen molar-refractivity contribution in [2.24, 2.45) is 0 Å². The van der Waals surface area contributed by atoms with Crippen molar-refractivity contribution >= 4 is 5.97 Å². The third-order valence-corrected chi connectivity index (χ3v) is 4.59. The molecule has 0 aromatic rings. The number of nitrogens with one attached hydrogen (secondary N) is 1. The number of cyclic esters (lactones) is 1. The van der Waals surface area contributed by atoms with E-state index in [0.717, 1.165) is 13.0 Å². The minimum atomic E-state index is -0.00210. The first-order chi connectivity index (χ1) is 8.28. The van der Waals surface area contributed by atoms with Gasteiger partial charge in [0.15, 0.2) is 0 Å². The summed E-state index contributed by atoms with van der Waals surface area (Å²) in [7, 11) is 0. The standard InChI is InChI=1S/C13H22N2O2/c1-2-15(12-5-6-17-13(12)16)11-7-9-3-4-10(8-11)14-9/h9-12,14H,2-8H2,1H3. The van der Waals surface area contributed by atoms with Gasteiger partial charge in [-0.2, -0.15) is 0 Å². The lowest BCUT2D eigenvalue weighted by molar-refractivity contribution is -0.143. The maximum atomic E-state index is 11.7. The molecule has 3 heterocycles. The summed E-state index contributed by atoms with van der Waals surface area (Å²) >= 11 is 0. The average molecular weight is 238 g/mol. The van der Waals surface area contributed by atoms with E-state index in [1.165, 1.54) is 25.7 Å². The van der Waals surface area contributed by atoms with E-state index in [1.807, 2.05) is 0 Å². The summed E-state index contributed by atoms with van der Waals surface area (Å²) in [4.78, 5) is 14.1. The highest BCUT2D eigenvalue weighted by Crippen LogP contribution is 2.31. The van der Waals surface area contributed by atoms with Crippen LogP contribution in [0.1, 0.15) is 39.0 Å². The van der Waals surface area contributed by atoms with Crippen molar-refractivity contribution in [3.05, 3.63) is 0 Å². The Morgan fingerprint density at radius 2 is 2.00 bits per heavy atom. The van der Waals surface area contributed by atoms with Crippen LogP contribution in [-0.2, 0) is 9.53 Å². The Labute approximate surface area is 103 Å². The lowest BCUT2D eigenvalue weighted by Gasteiger charge is -2.39. The van der Waals surface area contributed by atoms with Gasteiger partial charge < -0.3 is 10.1 Å². The molecule has 0 aliphatic carbocycles. The van der Waals surface area contributed by atoms with Gasteiger partial charge in [0.25, 0.3) is 0 Å². The van der Waals surface area contributed by atoms with Crippen LogP contribution in [-0.4, -0.2) is 48.2 Å². The highest BCUT2D eigenvalue weighted by Gasteiger charge is 2.41. The maximum absolute atomic E-state index is 11.7. The summed E-state index contributed by atoms with van der Waals surface area (Å²) in [5, 5.41) is 3.66. The van der Waals surface area contributed by atoms with Gasteiger partial charge in [0.05, 0.1) is 6.61 Å². The number of hydrogen-bond donors (Lipinski definition) is 1.